The van der Waals surface area contributed by atoms with Crippen LogP contribution in [0.2, 0.25) is 0 Å². The van der Waals surface area contributed by atoms with Gasteiger partial charge in [-0.1, -0.05) is 6.07 Å². The molecule has 1 aromatic heterocycles. The van der Waals surface area contributed by atoms with Crippen molar-refractivity contribution in [3.63, 3.8) is 0 Å². The number of nitrogens with one attached hydrogen (secondary N) is 2. The molecule has 6 nitrogen and oxygen atoms in total. The topological polar surface area (TPSA) is 63.5 Å². The minimum atomic E-state index is -0.300. The molecule has 0 spiro atoms. The lowest BCUT2D eigenvalue weighted by molar-refractivity contribution is 0.223. The fraction of sp³-hybridized carbons (Fsp3) is 0.474. The van der Waals surface area contributed by atoms with Gasteiger partial charge in [-0.25, -0.2) is 9.37 Å². The van der Waals surface area contributed by atoms with Crippen molar-refractivity contribution >= 4 is 29.9 Å². The number of nitrogens with zero attached hydrogens (tertiary/aromatic N) is 3. The zero-order chi connectivity index (χ0) is 18.8. The summed E-state index contributed by atoms with van der Waals surface area (Å²) in [4.78, 5) is 8.42. The number of guanidine groups is 1. The third kappa shape index (κ3) is 8.59. The number of ether oxygens (including phenoxy) is 1. The van der Waals surface area contributed by atoms with Crippen LogP contribution in [-0.4, -0.2) is 41.8 Å². The number of aryl methyl sites for hydroxylation is 2. The van der Waals surface area contributed by atoms with Gasteiger partial charge in [-0.2, -0.15) is 0 Å². The van der Waals surface area contributed by atoms with E-state index in [2.05, 4.69) is 25.2 Å². The molecule has 0 aliphatic rings. The van der Waals surface area contributed by atoms with Gasteiger partial charge >= 0.3 is 0 Å². The molecule has 0 amide bonds. The number of imidazole rings is 1. The zero-order valence-electron chi connectivity index (χ0n) is 16.1. The van der Waals surface area contributed by atoms with Crippen LogP contribution in [0.5, 0.6) is 5.75 Å². The number of aliphatic imine (C=N–C) groups is 1. The summed E-state index contributed by atoms with van der Waals surface area (Å²) in [6.07, 6.45) is 5.82. The highest BCUT2D eigenvalue weighted by Gasteiger charge is 2.06. The molecule has 2 rings (SSSR count). The molecule has 2 aromatic rings. The monoisotopic (exact) mass is 489 g/mol. The highest BCUT2D eigenvalue weighted by molar-refractivity contribution is 14.0. The van der Waals surface area contributed by atoms with Gasteiger partial charge in [0.15, 0.2) is 5.96 Å². The third-order valence-electron chi connectivity index (χ3n) is 3.96. The van der Waals surface area contributed by atoms with Crippen LogP contribution in [0.25, 0.3) is 0 Å². The van der Waals surface area contributed by atoms with Crippen LogP contribution in [0.1, 0.15) is 25.6 Å². The van der Waals surface area contributed by atoms with Crippen LogP contribution in [0, 0.1) is 12.7 Å². The van der Waals surface area contributed by atoms with Crippen molar-refractivity contribution in [3.8, 4) is 5.75 Å². The Balaban J connectivity index is 0.00000364. The van der Waals surface area contributed by atoms with Crippen molar-refractivity contribution in [2.75, 3.05) is 20.1 Å². The zero-order valence-corrected chi connectivity index (χ0v) is 18.4. The molecule has 0 saturated heterocycles. The number of rotatable bonds is 9. The first kappa shape index (κ1) is 23.2. The van der Waals surface area contributed by atoms with Crippen LogP contribution in [-0.2, 0) is 6.54 Å². The Kier molecular flexibility index (Phi) is 10.8. The number of aromatic nitrogens is 2. The quantitative estimate of drug-likeness (QED) is 0.246. The molecule has 0 radical (unpaired) electrons. The van der Waals surface area contributed by atoms with E-state index in [1.54, 1.807) is 19.2 Å². The van der Waals surface area contributed by atoms with Gasteiger partial charge in [0.25, 0.3) is 0 Å². The van der Waals surface area contributed by atoms with Gasteiger partial charge in [-0.05, 0) is 38.8 Å². The molecule has 27 heavy (non-hydrogen) atoms. The Morgan fingerprint density at radius 1 is 1.33 bits per heavy atom. The smallest absolute Gasteiger partial charge is 0.191 e. The summed E-state index contributed by atoms with van der Waals surface area (Å²) in [6, 6.07) is 6.16. The molecule has 1 atom stereocenters. The van der Waals surface area contributed by atoms with Gasteiger partial charge in [-0.15, -0.1) is 24.0 Å². The van der Waals surface area contributed by atoms with Crippen molar-refractivity contribution in [2.24, 2.45) is 4.99 Å². The number of halogens is 2. The lowest BCUT2D eigenvalue weighted by Gasteiger charge is -2.17. The summed E-state index contributed by atoms with van der Waals surface area (Å²) in [6.45, 7) is 6.32. The van der Waals surface area contributed by atoms with E-state index < -0.39 is 0 Å². The summed E-state index contributed by atoms with van der Waals surface area (Å²) in [5.74, 6) is 2.00. The van der Waals surface area contributed by atoms with Crippen LogP contribution in [0.15, 0.2) is 41.7 Å². The first-order chi connectivity index (χ1) is 12.6. The molecule has 150 valence electrons. The van der Waals surface area contributed by atoms with Crippen LogP contribution < -0.4 is 15.4 Å². The second-order valence-corrected chi connectivity index (χ2v) is 6.14. The summed E-state index contributed by atoms with van der Waals surface area (Å²) in [5, 5.41) is 6.51. The standard InChI is InChI=1S/C19H28FN5O.HI/c1-15(26-18-8-6-7-17(20)13-18)14-24-19(21-3)23-9-4-5-11-25-12-10-22-16(25)2;/h6-8,10,12-13,15H,4-5,9,11,14H2,1-3H3,(H2,21,23,24);1H. The molecular weight excluding hydrogens is 460 g/mol. The molecule has 0 saturated carbocycles. The molecule has 1 unspecified atom stereocenters. The van der Waals surface area contributed by atoms with Gasteiger partial charge in [0.05, 0.1) is 6.54 Å². The van der Waals surface area contributed by atoms with Crippen molar-refractivity contribution in [3.05, 3.63) is 48.3 Å². The van der Waals surface area contributed by atoms with E-state index in [9.17, 15) is 4.39 Å². The maximum atomic E-state index is 13.2. The lowest BCUT2D eigenvalue weighted by Crippen LogP contribution is -2.42. The molecule has 0 fully saturated rings. The number of hydrogen-bond acceptors (Lipinski definition) is 3. The number of hydrogen-bond donors (Lipinski definition) is 2. The molecule has 1 aromatic carbocycles. The van der Waals surface area contributed by atoms with E-state index >= 15 is 0 Å². The second kappa shape index (κ2) is 12.5. The van der Waals surface area contributed by atoms with E-state index in [0.717, 1.165) is 37.7 Å². The molecule has 0 aliphatic carbocycles. The van der Waals surface area contributed by atoms with Gasteiger partial charge in [0.2, 0.25) is 0 Å². The van der Waals surface area contributed by atoms with Crippen molar-refractivity contribution in [1.82, 2.24) is 20.2 Å². The number of benzene rings is 1. The summed E-state index contributed by atoms with van der Waals surface area (Å²) in [5.41, 5.74) is 0. The predicted octanol–water partition coefficient (Wildman–Crippen LogP) is 3.36. The maximum Gasteiger partial charge on any atom is 0.191 e. The normalized spacial score (nSPS) is 12.2. The fourth-order valence-electron chi connectivity index (χ4n) is 2.53. The van der Waals surface area contributed by atoms with E-state index in [1.165, 1.54) is 12.1 Å². The van der Waals surface area contributed by atoms with Crippen molar-refractivity contribution in [2.45, 2.75) is 39.3 Å². The molecule has 0 aliphatic heterocycles. The fourth-order valence-corrected chi connectivity index (χ4v) is 2.53. The number of unbranched alkanes of at least 4 members (excludes halogenated alkanes) is 1. The molecule has 2 N–H and O–H groups in total. The molecule has 0 bridgehead atoms. The highest BCUT2D eigenvalue weighted by atomic mass is 127. The van der Waals surface area contributed by atoms with E-state index in [0.29, 0.717) is 12.3 Å². The van der Waals surface area contributed by atoms with Crippen LogP contribution in [0.3, 0.4) is 0 Å². The predicted molar refractivity (Wildman–Crippen MR) is 117 cm³/mol. The SMILES string of the molecule is CN=C(NCCCCn1ccnc1C)NCC(C)Oc1cccc(F)c1.I. The van der Waals surface area contributed by atoms with Crippen molar-refractivity contribution in [1.29, 1.82) is 0 Å². The van der Waals surface area contributed by atoms with Gasteiger partial charge < -0.3 is 19.9 Å². The van der Waals surface area contributed by atoms with E-state index in [-0.39, 0.29) is 35.9 Å². The minimum Gasteiger partial charge on any atom is -0.489 e. The van der Waals surface area contributed by atoms with E-state index in [4.69, 9.17) is 4.74 Å². The Hall–Kier alpha value is -1.84. The van der Waals surface area contributed by atoms with Crippen LogP contribution in [0.4, 0.5) is 4.39 Å². The van der Waals surface area contributed by atoms with E-state index in [1.807, 2.05) is 26.2 Å². The average Bonchev–Trinajstić information content (AvgIpc) is 3.02. The molecule has 1 heterocycles. The van der Waals surface area contributed by atoms with Gasteiger partial charge in [0.1, 0.15) is 23.5 Å². The summed E-state index contributed by atoms with van der Waals surface area (Å²) >= 11 is 0. The van der Waals surface area contributed by atoms with Gasteiger partial charge in [-0.3, -0.25) is 4.99 Å². The summed E-state index contributed by atoms with van der Waals surface area (Å²) in [7, 11) is 1.74. The lowest BCUT2D eigenvalue weighted by atomic mass is 10.3. The largest absolute Gasteiger partial charge is 0.489 e. The summed E-state index contributed by atoms with van der Waals surface area (Å²) < 4.78 is 21.0. The Labute approximate surface area is 177 Å². The highest BCUT2D eigenvalue weighted by Crippen LogP contribution is 2.13. The third-order valence-corrected chi connectivity index (χ3v) is 3.96. The first-order valence-corrected chi connectivity index (χ1v) is 8.93. The Bertz CT molecular complexity index is 707. The van der Waals surface area contributed by atoms with Gasteiger partial charge in [0, 0.05) is 38.6 Å². The molecule has 8 heteroatoms. The second-order valence-electron chi connectivity index (χ2n) is 6.14. The molecular formula is C19H29FIN5O. The minimum absolute atomic E-state index is 0. The Morgan fingerprint density at radius 3 is 2.81 bits per heavy atom. The Morgan fingerprint density at radius 2 is 2.15 bits per heavy atom. The first-order valence-electron chi connectivity index (χ1n) is 8.93. The van der Waals surface area contributed by atoms with Crippen molar-refractivity contribution < 1.29 is 9.13 Å². The maximum absolute atomic E-state index is 13.2. The van der Waals surface area contributed by atoms with Crippen LogP contribution >= 0.6 is 24.0 Å². The average molecular weight is 489 g/mol.